The Kier molecular flexibility index (Phi) is 5.77. The van der Waals surface area contributed by atoms with Crippen LogP contribution in [0.15, 0.2) is 78.9 Å². The minimum absolute atomic E-state index is 0.185. The van der Waals surface area contributed by atoms with Crippen LogP contribution in [0.3, 0.4) is 0 Å². The number of amides is 1. The second-order valence-electron chi connectivity index (χ2n) is 6.21. The van der Waals surface area contributed by atoms with Crippen molar-refractivity contribution in [2.24, 2.45) is 0 Å². The zero-order valence-corrected chi connectivity index (χ0v) is 14.6. The van der Waals surface area contributed by atoms with Crippen LogP contribution in [0.2, 0.25) is 0 Å². The lowest BCUT2D eigenvalue weighted by atomic mass is 10.1. The van der Waals surface area contributed by atoms with Crippen molar-refractivity contribution in [1.82, 2.24) is 5.32 Å². The molecule has 3 aromatic rings. The SMILES string of the molecule is Cc1ccc(CN[C@H](C(=O)Nc2ccc(F)cc2)c2ccccc2)cc1. The van der Waals surface area contributed by atoms with Gasteiger partial charge in [-0.25, -0.2) is 4.39 Å². The van der Waals surface area contributed by atoms with Crippen molar-refractivity contribution in [3.63, 3.8) is 0 Å². The Bertz CT molecular complexity index is 846. The van der Waals surface area contributed by atoms with Crippen LogP contribution < -0.4 is 10.6 Å². The maximum Gasteiger partial charge on any atom is 0.246 e. The summed E-state index contributed by atoms with van der Waals surface area (Å²) in [6.45, 7) is 2.61. The zero-order chi connectivity index (χ0) is 18.4. The fourth-order valence-corrected chi connectivity index (χ4v) is 2.68. The number of aryl methyl sites for hydroxylation is 1. The van der Waals surface area contributed by atoms with Crippen LogP contribution in [0.5, 0.6) is 0 Å². The zero-order valence-electron chi connectivity index (χ0n) is 14.6. The van der Waals surface area contributed by atoms with Gasteiger partial charge in [0.1, 0.15) is 11.9 Å². The summed E-state index contributed by atoms with van der Waals surface area (Å²) < 4.78 is 13.1. The molecule has 132 valence electrons. The van der Waals surface area contributed by atoms with Gasteiger partial charge in [0, 0.05) is 12.2 Å². The summed E-state index contributed by atoms with van der Waals surface area (Å²) in [5.41, 5.74) is 3.74. The quantitative estimate of drug-likeness (QED) is 0.683. The minimum atomic E-state index is -0.512. The number of benzene rings is 3. The first kappa shape index (κ1) is 17.8. The van der Waals surface area contributed by atoms with Crippen molar-refractivity contribution in [2.45, 2.75) is 19.5 Å². The van der Waals surface area contributed by atoms with E-state index in [-0.39, 0.29) is 11.7 Å². The third-order valence-corrected chi connectivity index (χ3v) is 4.14. The molecule has 0 aliphatic carbocycles. The monoisotopic (exact) mass is 348 g/mol. The van der Waals surface area contributed by atoms with Gasteiger partial charge in [-0.05, 0) is 42.3 Å². The second-order valence-corrected chi connectivity index (χ2v) is 6.21. The normalized spacial score (nSPS) is 11.8. The molecule has 0 heterocycles. The van der Waals surface area contributed by atoms with E-state index in [0.29, 0.717) is 12.2 Å². The van der Waals surface area contributed by atoms with Gasteiger partial charge in [-0.1, -0.05) is 60.2 Å². The van der Waals surface area contributed by atoms with E-state index >= 15 is 0 Å². The molecule has 0 aliphatic rings. The van der Waals surface area contributed by atoms with Gasteiger partial charge in [-0.3, -0.25) is 10.1 Å². The molecule has 0 saturated heterocycles. The molecule has 1 atom stereocenters. The van der Waals surface area contributed by atoms with Crippen LogP contribution in [0.4, 0.5) is 10.1 Å². The number of carbonyl (C=O) groups excluding carboxylic acids is 1. The van der Waals surface area contributed by atoms with E-state index in [1.165, 1.54) is 17.7 Å². The van der Waals surface area contributed by atoms with Crippen molar-refractivity contribution in [2.75, 3.05) is 5.32 Å². The molecule has 3 aromatic carbocycles. The Hall–Kier alpha value is -2.98. The van der Waals surface area contributed by atoms with Crippen LogP contribution in [0.1, 0.15) is 22.7 Å². The van der Waals surface area contributed by atoms with Crippen LogP contribution in [-0.4, -0.2) is 5.91 Å². The largest absolute Gasteiger partial charge is 0.324 e. The summed E-state index contributed by atoms with van der Waals surface area (Å²) in [5, 5.41) is 6.16. The lowest BCUT2D eigenvalue weighted by molar-refractivity contribution is -0.118. The molecule has 0 aromatic heterocycles. The highest BCUT2D eigenvalue weighted by atomic mass is 19.1. The van der Waals surface area contributed by atoms with E-state index in [1.54, 1.807) is 12.1 Å². The molecule has 0 fully saturated rings. The molecular formula is C22H21FN2O. The standard InChI is InChI=1S/C22H21FN2O/c1-16-7-9-17(10-8-16)15-24-21(18-5-3-2-4-6-18)22(26)25-20-13-11-19(23)12-14-20/h2-14,21,24H,15H2,1H3,(H,25,26)/t21-/m0/s1. The molecule has 0 unspecified atom stereocenters. The van der Waals surface area contributed by atoms with Crippen molar-refractivity contribution >= 4 is 11.6 Å². The molecular weight excluding hydrogens is 327 g/mol. The summed E-state index contributed by atoms with van der Waals surface area (Å²) in [4.78, 5) is 12.8. The van der Waals surface area contributed by atoms with E-state index in [1.807, 2.05) is 61.5 Å². The van der Waals surface area contributed by atoms with Gasteiger partial charge < -0.3 is 5.32 Å². The fraction of sp³-hybridized carbons (Fsp3) is 0.136. The van der Waals surface area contributed by atoms with E-state index in [0.717, 1.165) is 11.1 Å². The predicted molar refractivity (Wildman–Crippen MR) is 102 cm³/mol. The summed E-state index contributed by atoms with van der Waals surface area (Å²) >= 11 is 0. The Morgan fingerprint density at radius 2 is 1.58 bits per heavy atom. The highest BCUT2D eigenvalue weighted by Crippen LogP contribution is 2.17. The lowest BCUT2D eigenvalue weighted by Gasteiger charge is -2.19. The molecule has 0 spiro atoms. The van der Waals surface area contributed by atoms with Gasteiger partial charge in [-0.15, -0.1) is 0 Å². The van der Waals surface area contributed by atoms with Crippen molar-refractivity contribution in [3.05, 3.63) is 101 Å². The summed E-state index contributed by atoms with van der Waals surface area (Å²) in [7, 11) is 0. The average molecular weight is 348 g/mol. The lowest BCUT2D eigenvalue weighted by Crippen LogP contribution is -2.32. The number of hydrogen-bond donors (Lipinski definition) is 2. The van der Waals surface area contributed by atoms with Gasteiger partial charge >= 0.3 is 0 Å². The Morgan fingerprint density at radius 1 is 0.923 bits per heavy atom. The first-order chi connectivity index (χ1) is 12.6. The molecule has 1 amide bonds. The first-order valence-corrected chi connectivity index (χ1v) is 8.52. The summed E-state index contributed by atoms with van der Waals surface area (Å²) in [6, 6.07) is 23.0. The van der Waals surface area contributed by atoms with Crippen molar-refractivity contribution in [1.29, 1.82) is 0 Å². The molecule has 0 saturated carbocycles. The highest BCUT2D eigenvalue weighted by molar-refractivity contribution is 5.95. The molecule has 0 radical (unpaired) electrons. The van der Waals surface area contributed by atoms with Gasteiger partial charge in [0.2, 0.25) is 5.91 Å². The van der Waals surface area contributed by atoms with Gasteiger partial charge in [-0.2, -0.15) is 0 Å². The average Bonchev–Trinajstić information content (AvgIpc) is 2.66. The van der Waals surface area contributed by atoms with Crippen LogP contribution in [-0.2, 0) is 11.3 Å². The number of nitrogens with one attached hydrogen (secondary N) is 2. The van der Waals surface area contributed by atoms with Crippen LogP contribution in [0, 0.1) is 12.7 Å². The Labute approximate surface area is 152 Å². The van der Waals surface area contributed by atoms with Gasteiger partial charge in [0.25, 0.3) is 0 Å². The van der Waals surface area contributed by atoms with Crippen LogP contribution >= 0.6 is 0 Å². The van der Waals surface area contributed by atoms with Crippen LogP contribution in [0.25, 0.3) is 0 Å². The highest BCUT2D eigenvalue weighted by Gasteiger charge is 2.20. The van der Waals surface area contributed by atoms with Gasteiger partial charge in [0.05, 0.1) is 0 Å². The number of carbonyl (C=O) groups is 1. The van der Waals surface area contributed by atoms with E-state index in [2.05, 4.69) is 10.6 Å². The maximum absolute atomic E-state index is 13.1. The second kappa shape index (κ2) is 8.41. The third kappa shape index (κ3) is 4.77. The first-order valence-electron chi connectivity index (χ1n) is 8.52. The molecule has 3 rings (SSSR count). The number of halogens is 1. The molecule has 26 heavy (non-hydrogen) atoms. The minimum Gasteiger partial charge on any atom is -0.324 e. The van der Waals surface area contributed by atoms with Crippen molar-refractivity contribution in [3.8, 4) is 0 Å². The van der Waals surface area contributed by atoms with E-state index < -0.39 is 6.04 Å². The topological polar surface area (TPSA) is 41.1 Å². The summed E-state index contributed by atoms with van der Waals surface area (Å²) in [6.07, 6.45) is 0. The summed E-state index contributed by atoms with van der Waals surface area (Å²) in [5.74, 6) is -0.518. The smallest absolute Gasteiger partial charge is 0.246 e. The third-order valence-electron chi connectivity index (χ3n) is 4.14. The van der Waals surface area contributed by atoms with Gasteiger partial charge in [0.15, 0.2) is 0 Å². The maximum atomic E-state index is 13.1. The molecule has 2 N–H and O–H groups in total. The molecule has 0 bridgehead atoms. The fourth-order valence-electron chi connectivity index (χ4n) is 2.68. The molecule has 0 aliphatic heterocycles. The predicted octanol–water partition coefficient (Wildman–Crippen LogP) is 4.60. The van der Waals surface area contributed by atoms with Crippen molar-refractivity contribution < 1.29 is 9.18 Å². The van der Waals surface area contributed by atoms with E-state index in [9.17, 15) is 9.18 Å². The Morgan fingerprint density at radius 3 is 2.23 bits per heavy atom. The Balaban J connectivity index is 1.75. The number of anilines is 1. The molecule has 4 heteroatoms. The number of rotatable bonds is 6. The molecule has 3 nitrogen and oxygen atoms in total. The number of hydrogen-bond acceptors (Lipinski definition) is 2. The van der Waals surface area contributed by atoms with E-state index in [4.69, 9.17) is 0 Å².